The summed E-state index contributed by atoms with van der Waals surface area (Å²) in [6, 6.07) is 41.3. The van der Waals surface area contributed by atoms with E-state index in [2.05, 4.69) is 125 Å². The Kier molecular flexibility index (Phi) is 3.58. The zero-order chi connectivity index (χ0) is 21.1. The lowest BCUT2D eigenvalue weighted by Crippen LogP contribution is -1.93. The van der Waals surface area contributed by atoms with E-state index in [1.807, 2.05) is 0 Å². The van der Waals surface area contributed by atoms with Gasteiger partial charge in [-0.25, -0.2) is 0 Å². The molecule has 7 rings (SSSR count). The molecular formula is C30H20N2. The van der Waals surface area contributed by atoms with Crippen molar-refractivity contribution in [3.63, 3.8) is 0 Å². The van der Waals surface area contributed by atoms with Gasteiger partial charge in [-0.1, -0.05) is 84.9 Å². The van der Waals surface area contributed by atoms with Gasteiger partial charge in [0.15, 0.2) is 0 Å². The minimum atomic E-state index is 1.16. The van der Waals surface area contributed by atoms with Crippen molar-refractivity contribution in [1.29, 1.82) is 0 Å². The first-order valence-corrected chi connectivity index (χ1v) is 11.0. The Balaban J connectivity index is 1.46. The molecule has 0 atom stereocenters. The Labute approximate surface area is 185 Å². The highest BCUT2D eigenvalue weighted by Gasteiger charge is 2.13. The lowest BCUT2D eigenvalue weighted by Gasteiger charge is -2.08. The Bertz CT molecular complexity index is 1710. The van der Waals surface area contributed by atoms with Crippen LogP contribution in [0.4, 0.5) is 0 Å². The van der Waals surface area contributed by atoms with Gasteiger partial charge < -0.3 is 9.55 Å². The third-order valence-electron chi connectivity index (χ3n) is 6.53. The Morgan fingerprint density at radius 3 is 1.75 bits per heavy atom. The van der Waals surface area contributed by atoms with Gasteiger partial charge in [0.2, 0.25) is 0 Å². The van der Waals surface area contributed by atoms with E-state index in [1.165, 1.54) is 54.9 Å². The van der Waals surface area contributed by atoms with E-state index in [4.69, 9.17) is 0 Å². The average molecular weight is 409 g/mol. The fourth-order valence-corrected chi connectivity index (χ4v) is 5.05. The predicted octanol–water partition coefficient (Wildman–Crippen LogP) is 8.09. The number of aromatic nitrogens is 2. The van der Waals surface area contributed by atoms with Crippen molar-refractivity contribution < 1.29 is 0 Å². The highest BCUT2D eigenvalue weighted by Crippen LogP contribution is 2.35. The normalized spacial score (nSPS) is 11.8. The fourth-order valence-electron chi connectivity index (χ4n) is 5.05. The summed E-state index contributed by atoms with van der Waals surface area (Å²) in [7, 11) is 0. The molecule has 0 amide bonds. The van der Waals surface area contributed by atoms with Crippen molar-refractivity contribution in [3.05, 3.63) is 115 Å². The number of hydrogen-bond acceptors (Lipinski definition) is 0. The maximum absolute atomic E-state index is 3.67. The molecule has 2 heterocycles. The van der Waals surface area contributed by atoms with Crippen molar-refractivity contribution in [2.45, 2.75) is 0 Å². The Morgan fingerprint density at radius 1 is 0.438 bits per heavy atom. The topological polar surface area (TPSA) is 20.7 Å². The second kappa shape index (κ2) is 6.60. The summed E-state index contributed by atoms with van der Waals surface area (Å²) < 4.78 is 2.37. The molecule has 0 unspecified atom stereocenters. The largest absolute Gasteiger partial charge is 0.354 e. The van der Waals surface area contributed by atoms with Crippen LogP contribution < -0.4 is 0 Å². The van der Waals surface area contributed by atoms with Crippen LogP contribution in [0.1, 0.15) is 0 Å². The SMILES string of the molecule is c1ccc(-c2ccc3c(c2)[nH]c2cc(-n4c5ccccc5c5ccccc54)ccc23)cc1. The van der Waals surface area contributed by atoms with Gasteiger partial charge in [0.05, 0.1) is 11.0 Å². The first-order valence-electron chi connectivity index (χ1n) is 11.0. The Morgan fingerprint density at radius 2 is 1.03 bits per heavy atom. The minimum Gasteiger partial charge on any atom is -0.354 e. The molecule has 0 aliphatic carbocycles. The van der Waals surface area contributed by atoms with E-state index in [-0.39, 0.29) is 0 Å². The smallest absolute Gasteiger partial charge is 0.0541 e. The molecule has 1 N–H and O–H groups in total. The molecule has 0 saturated carbocycles. The molecule has 32 heavy (non-hydrogen) atoms. The number of hydrogen-bond donors (Lipinski definition) is 1. The maximum atomic E-state index is 3.67. The monoisotopic (exact) mass is 408 g/mol. The van der Waals surface area contributed by atoms with Crippen LogP contribution in [0, 0.1) is 0 Å². The molecule has 0 fully saturated rings. The second-order valence-electron chi connectivity index (χ2n) is 8.35. The van der Waals surface area contributed by atoms with Crippen LogP contribution in [-0.2, 0) is 0 Å². The molecule has 0 radical (unpaired) electrons. The van der Waals surface area contributed by atoms with Gasteiger partial charge in [-0.3, -0.25) is 0 Å². The average Bonchev–Trinajstić information content (AvgIpc) is 3.39. The standard InChI is InChI=1S/C30H20N2/c1-2-8-20(9-3-1)21-14-16-23-24-17-15-22(19-28(24)31-27(23)18-21)32-29-12-6-4-10-25(29)26-11-5-7-13-30(26)32/h1-19,31H. The van der Waals surface area contributed by atoms with Gasteiger partial charge in [0, 0.05) is 38.3 Å². The zero-order valence-electron chi connectivity index (χ0n) is 17.4. The third-order valence-corrected chi connectivity index (χ3v) is 6.53. The van der Waals surface area contributed by atoms with Gasteiger partial charge in [0.1, 0.15) is 0 Å². The molecule has 0 bridgehead atoms. The molecule has 2 heteroatoms. The number of nitrogens with zero attached hydrogens (tertiary/aromatic N) is 1. The number of rotatable bonds is 2. The highest BCUT2D eigenvalue weighted by molar-refractivity contribution is 6.11. The van der Waals surface area contributed by atoms with E-state index in [1.54, 1.807) is 0 Å². The van der Waals surface area contributed by atoms with Crippen molar-refractivity contribution in [2.24, 2.45) is 0 Å². The summed E-state index contributed by atoms with van der Waals surface area (Å²) in [5.74, 6) is 0. The van der Waals surface area contributed by atoms with E-state index in [9.17, 15) is 0 Å². The first-order chi connectivity index (χ1) is 15.9. The number of benzene rings is 5. The van der Waals surface area contributed by atoms with Gasteiger partial charge >= 0.3 is 0 Å². The summed E-state index contributed by atoms with van der Waals surface area (Å²) >= 11 is 0. The molecule has 150 valence electrons. The van der Waals surface area contributed by atoms with E-state index >= 15 is 0 Å². The number of para-hydroxylation sites is 2. The predicted molar refractivity (Wildman–Crippen MR) is 136 cm³/mol. The summed E-state index contributed by atoms with van der Waals surface area (Å²) in [5, 5.41) is 5.08. The third kappa shape index (κ3) is 2.47. The lowest BCUT2D eigenvalue weighted by atomic mass is 10.0. The van der Waals surface area contributed by atoms with Crippen LogP contribution >= 0.6 is 0 Å². The van der Waals surface area contributed by atoms with Crippen LogP contribution in [0.15, 0.2) is 115 Å². The molecule has 2 aromatic heterocycles. The number of nitrogens with one attached hydrogen (secondary N) is 1. The molecule has 5 aromatic carbocycles. The molecule has 7 aromatic rings. The van der Waals surface area contributed by atoms with E-state index in [0.29, 0.717) is 0 Å². The maximum Gasteiger partial charge on any atom is 0.0541 e. The van der Waals surface area contributed by atoms with Gasteiger partial charge in [-0.15, -0.1) is 0 Å². The second-order valence-corrected chi connectivity index (χ2v) is 8.35. The summed E-state index contributed by atoms with van der Waals surface area (Å²) in [6.07, 6.45) is 0. The quantitative estimate of drug-likeness (QED) is 0.298. The summed E-state index contributed by atoms with van der Waals surface area (Å²) in [4.78, 5) is 3.67. The van der Waals surface area contributed by atoms with Gasteiger partial charge in [-0.2, -0.15) is 0 Å². The van der Waals surface area contributed by atoms with Crippen molar-refractivity contribution >= 4 is 43.6 Å². The molecule has 0 aliphatic rings. The number of fused-ring (bicyclic) bond motifs is 6. The van der Waals surface area contributed by atoms with Crippen LogP contribution in [0.25, 0.3) is 60.4 Å². The van der Waals surface area contributed by atoms with E-state index in [0.717, 1.165) is 5.52 Å². The Hall–Kier alpha value is -4.30. The first kappa shape index (κ1) is 17.4. The van der Waals surface area contributed by atoms with Crippen LogP contribution in [0.2, 0.25) is 0 Å². The molecule has 2 nitrogen and oxygen atoms in total. The van der Waals surface area contributed by atoms with Crippen LogP contribution in [0.5, 0.6) is 0 Å². The van der Waals surface area contributed by atoms with Crippen LogP contribution in [0.3, 0.4) is 0 Å². The highest BCUT2D eigenvalue weighted by atomic mass is 15.0. The summed E-state index contributed by atoms with van der Waals surface area (Å²) in [5.41, 5.74) is 8.42. The molecule has 0 saturated heterocycles. The van der Waals surface area contributed by atoms with Crippen LogP contribution in [-0.4, -0.2) is 9.55 Å². The molecular weight excluding hydrogens is 388 g/mol. The van der Waals surface area contributed by atoms with Crippen molar-refractivity contribution in [2.75, 3.05) is 0 Å². The number of aromatic amines is 1. The lowest BCUT2D eigenvalue weighted by molar-refractivity contribution is 1.18. The minimum absolute atomic E-state index is 1.16. The summed E-state index contributed by atoms with van der Waals surface area (Å²) in [6.45, 7) is 0. The van der Waals surface area contributed by atoms with Crippen molar-refractivity contribution in [1.82, 2.24) is 9.55 Å². The fraction of sp³-hybridized carbons (Fsp3) is 0. The zero-order valence-corrected chi connectivity index (χ0v) is 17.4. The number of H-pyrrole nitrogens is 1. The van der Waals surface area contributed by atoms with Gasteiger partial charge in [0.25, 0.3) is 0 Å². The molecule has 0 spiro atoms. The van der Waals surface area contributed by atoms with Crippen molar-refractivity contribution in [3.8, 4) is 16.8 Å². The molecule has 0 aliphatic heterocycles. The van der Waals surface area contributed by atoms with E-state index < -0.39 is 0 Å². The van der Waals surface area contributed by atoms with Gasteiger partial charge in [-0.05, 0) is 41.5 Å².